The third kappa shape index (κ3) is 4.76. The van der Waals surface area contributed by atoms with Crippen LogP contribution in [0.25, 0.3) is 11.1 Å². The van der Waals surface area contributed by atoms with Gasteiger partial charge in [-0.15, -0.1) is 0 Å². The normalized spacial score (nSPS) is 10.6. The number of carbonyl (C=O) groups excluding carboxylic acids is 2. The van der Waals surface area contributed by atoms with Crippen LogP contribution >= 0.6 is 0 Å². The molecule has 28 heavy (non-hydrogen) atoms. The summed E-state index contributed by atoms with van der Waals surface area (Å²) in [6, 6.07) is 15.5. The zero-order chi connectivity index (χ0) is 20.1. The zero-order valence-corrected chi connectivity index (χ0v) is 15.4. The van der Waals surface area contributed by atoms with Gasteiger partial charge < -0.3 is 15.4 Å². The van der Waals surface area contributed by atoms with Crippen LogP contribution in [0.4, 0.5) is 0 Å². The van der Waals surface area contributed by atoms with E-state index in [0.717, 1.165) is 16.7 Å². The molecule has 0 unspecified atom stereocenters. The number of imidazole rings is 1. The Labute approximate surface area is 161 Å². The van der Waals surface area contributed by atoms with Crippen molar-refractivity contribution < 1.29 is 14.7 Å². The van der Waals surface area contributed by atoms with Gasteiger partial charge in [0, 0.05) is 12.1 Å². The molecule has 4 N–H and O–H groups in total. The molecule has 7 heteroatoms. The van der Waals surface area contributed by atoms with Crippen molar-refractivity contribution in [3.8, 4) is 17.0 Å². The number of ketones is 1. The Morgan fingerprint density at radius 2 is 1.57 bits per heavy atom. The van der Waals surface area contributed by atoms with Gasteiger partial charge in [-0.1, -0.05) is 48.5 Å². The van der Waals surface area contributed by atoms with Gasteiger partial charge in [0.25, 0.3) is 0 Å². The lowest BCUT2D eigenvalue weighted by Gasteiger charge is -2.07. The summed E-state index contributed by atoms with van der Waals surface area (Å²) in [5, 5.41) is 12.2. The molecular weight excluding hydrogens is 358 g/mol. The summed E-state index contributed by atoms with van der Waals surface area (Å²) in [5.74, 6) is -0.554. The van der Waals surface area contributed by atoms with E-state index >= 15 is 0 Å². The molecule has 7 nitrogen and oxygen atoms in total. The highest BCUT2D eigenvalue weighted by atomic mass is 16.3. The number of H-pyrrole nitrogens is 2. The Kier molecular flexibility index (Phi) is 5.74. The summed E-state index contributed by atoms with van der Waals surface area (Å²) in [6.07, 6.45) is 0.560. The molecule has 0 atom stereocenters. The number of Topliss-reactive ketones (excluding diaryl/α,β-unsaturated/α-hetero) is 1. The van der Waals surface area contributed by atoms with E-state index in [0.29, 0.717) is 18.5 Å². The fraction of sp³-hybridized carbons (Fsp3) is 0.190. The van der Waals surface area contributed by atoms with E-state index in [1.54, 1.807) is 6.92 Å². The number of aromatic hydroxyl groups is 1. The second-order valence-corrected chi connectivity index (χ2v) is 6.51. The fourth-order valence-electron chi connectivity index (χ4n) is 2.87. The van der Waals surface area contributed by atoms with Crippen molar-refractivity contribution in [2.45, 2.75) is 19.8 Å². The highest BCUT2D eigenvalue weighted by Crippen LogP contribution is 2.20. The summed E-state index contributed by atoms with van der Waals surface area (Å²) in [4.78, 5) is 38.8. The maximum absolute atomic E-state index is 11.9. The number of aromatic nitrogens is 2. The molecule has 1 heterocycles. The van der Waals surface area contributed by atoms with E-state index in [1.807, 2.05) is 48.5 Å². The van der Waals surface area contributed by atoms with Gasteiger partial charge >= 0.3 is 5.69 Å². The number of hydrogen-bond donors (Lipinski definition) is 4. The molecule has 1 amide bonds. The minimum absolute atomic E-state index is 0.0435. The molecule has 0 aliphatic heterocycles. The van der Waals surface area contributed by atoms with Crippen molar-refractivity contribution in [1.82, 2.24) is 15.3 Å². The smallest absolute Gasteiger partial charge is 0.325 e. The third-order valence-electron chi connectivity index (χ3n) is 4.43. The van der Waals surface area contributed by atoms with Gasteiger partial charge in [-0.05, 0) is 30.0 Å². The van der Waals surface area contributed by atoms with Gasteiger partial charge in [0.2, 0.25) is 11.8 Å². The average Bonchev–Trinajstić information content (AvgIpc) is 2.99. The minimum atomic E-state index is -0.545. The van der Waals surface area contributed by atoms with Crippen molar-refractivity contribution in [2.75, 3.05) is 6.54 Å². The molecule has 0 fully saturated rings. The topological polar surface area (TPSA) is 115 Å². The van der Waals surface area contributed by atoms with Gasteiger partial charge in [0.1, 0.15) is 0 Å². The highest BCUT2D eigenvalue weighted by Gasteiger charge is 2.10. The first kappa shape index (κ1) is 19.2. The second-order valence-electron chi connectivity index (χ2n) is 6.51. The largest absolute Gasteiger partial charge is 0.493 e. The number of benzene rings is 2. The van der Waals surface area contributed by atoms with Gasteiger partial charge in [-0.3, -0.25) is 14.6 Å². The lowest BCUT2D eigenvalue weighted by Crippen LogP contribution is -2.27. The molecule has 144 valence electrons. The number of carbonyl (C=O) groups is 2. The molecule has 2 aromatic carbocycles. The SMILES string of the molecule is CC(=O)c1ccc(-c2ccc(CCNC(=O)Cc3[nH]c(=O)[nH]c3O)cc2)cc1. The van der Waals surface area contributed by atoms with Crippen LogP contribution in [0.15, 0.2) is 53.3 Å². The molecule has 0 aliphatic rings. The number of rotatable bonds is 7. The molecule has 3 aromatic rings. The predicted molar refractivity (Wildman–Crippen MR) is 105 cm³/mol. The van der Waals surface area contributed by atoms with E-state index < -0.39 is 5.69 Å². The number of nitrogens with one attached hydrogen (secondary N) is 3. The molecule has 0 aliphatic carbocycles. The summed E-state index contributed by atoms with van der Waals surface area (Å²) in [5.41, 5.74) is 3.47. The maximum Gasteiger partial charge on any atom is 0.325 e. The molecular formula is C21H21N3O4. The highest BCUT2D eigenvalue weighted by molar-refractivity contribution is 5.94. The monoisotopic (exact) mass is 379 g/mol. The first-order valence-corrected chi connectivity index (χ1v) is 8.89. The van der Waals surface area contributed by atoms with Crippen molar-refractivity contribution in [1.29, 1.82) is 0 Å². The molecule has 0 bridgehead atoms. The van der Waals surface area contributed by atoms with Crippen molar-refractivity contribution >= 4 is 11.7 Å². The molecule has 3 rings (SSSR count). The van der Waals surface area contributed by atoms with Crippen LogP contribution < -0.4 is 11.0 Å². The van der Waals surface area contributed by atoms with E-state index in [1.165, 1.54) is 0 Å². The van der Waals surface area contributed by atoms with Crippen LogP contribution in [0.5, 0.6) is 5.88 Å². The van der Waals surface area contributed by atoms with Crippen LogP contribution in [-0.2, 0) is 17.6 Å². The zero-order valence-electron chi connectivity index (χ0n) is 15.4. The number of hydrogen-bond acceptors (Lipinski definition) is 4. The Hall–Kier alpha value is -3.61. The number of amides is 1. The number of aromatic amines is 2. The van der Waals surface area contributed by atoms with Gasteiger partial charge in [-0.2, -0.15) is 0 Å². The lowest BCUT2D eigenvalue weighted by atomic mass is 10.0. The minimum Gasteiger partial charge on any atom is -0.493 e. The Morgan fingerprint density at radius 3 is 2.11 bits per heavy atom. The van der Waals surface area contributed by atoms with Crippen LogP contribution in [-0.4, -0.2) is 33.3 Å². The van der Waals surface area contributed by atoms with E-state index in [9.17, 15) is 19.5 Å². The predicted octanol–water partition coefficient (Wildman–Crippen LogP) is 2.18. The molecule has 1 aromatic heterocycles. The van der Waals surface area contributed by atoms with E-state index in [4.69, 9.17) is 0 Å². The van der Waals surface area contributed by atoms with Gasteiger partial charge in [0.05, 0.1) is 12.1 Å². The molecule has 0 saturated carbocycles. The first-order chi connectivity index (χ1) is 13.4. The van der Waals surface area contributed by atoms with Crippen molar-refractivity contribution in [2.24, 2.45) is 0 Å². The molecule has 0 radical (unpaired) electrons. The van der Waals surface area contributed by atoms with E-state index in [2.05, 4.69) is 15.3 Å². The average molecular weight is 379 g/mol. The lowest BCUT2D eigenvalue weighted by molar-refractivity contribution is -0.120. The maximum atomic E-state index is 11.9. The van der Waals surface area contributed by atoms with Crippen LogP contribution in [0.3, 0.4) is 0 Å². The van der Waals surface area contributed by atoms with Crippen LogP contribution in [0.1, 0.15) is 28.5 Å². The Morgan fingerprint density at radius 1 is 0.964 bits per heavy atom. The van der Waals surface area contributed by atoms with Gasteiger partial charge in [0.15, 0.2) is 5.78 Å². The van der Waals surface area contributed by atoms with Crippen LogP contribution in [0, 0.1) is 0 Å². The summed E-state index contributed by atoms with van der Waals surface area (Å²) >= 11 is 0. The molecule has 0 spiro atoms. The Bertz CT molecular complexity index is 1030. The fourth-order valence-corrected chi connectivity index (χ4v) is 2.87. The molecule has 0 saturated heterocycles. The van der Waals surface area contributed by atoms with Gasteiger partial charge in [-0.25, -0.2) is 4.79 Å². The summed E-state index contributed by atoms with van der Waals surface area (Å²) in [6.45, 7) is 1.99. The van der Waals surface area contributed by atoms with E-state index in [-0.39, 0.29) is 29.7 Å². The summed E-state index contributed by atoms with van der Waals surface area (Å²) < 4.78 is 0. The summed E-state index contributed by atoms with van der Waals surface area (Å²) in [7, 11) is 0. The first-order valence-electron chi connectivity index (χ1n) is 8.89. The second kappa shape index (κ2) is 8.39. The van der Waals surface area contributed by atoms with Crippen LogP contribution in [0.2, 0.25) is 0 Å². The third-order valence-corrected chi connectivity index (χ3v) is 4.43. The quantitative estimate of drug-likeness (QED) is 0.471. The Balaban J connectivity index is 1.51. The van der Waals surface area contributed by atoms with Crippen molar-refractivity contribution in [3.63, 3.8) is 0 Å². The standard InChI is InChI=1S/C21H21N3O4/c1-13(25)15-6-8-17(9-7-15)16-4-2-14(3-5-16)10-11-22-19(26)12-18-20(27)24-21(28)23-18/h2-9,27H,10-12H2,1H3,(H,22,26)(H2,23,24,28). The van der Waals surface area contributed by atoms with Crippen molar-refractivity contribution in [3.05, 3.63) is 75.8 Å².